The summed E-state index contributed by atoms with van der Waals surface area (Å²) < 4.78 is 14.1. The lowest BCUT2D eigenvalue weighted by atomic mass is 9.99. The summed E-state index contributed by atoms with van der Waals surface area (Å²) >= 11 is 3.50. The third kappa shape index (κ3) is 7.42. The Bertz CT molecular complexity index is 395. The molecule has 0 aromatic heterocycles. The summed E-state index contributed by atoms with van der Waals surface area (Å²) in [6.07, 6.45) is 10.1. The Balaban J connectivity index is 2.50. The molecule has 0 amide bonds. The normalized spacial score (nSPS) is 12.6. The molecule has 1 aromatic rings. The molecule has 1 aromatic carbocycles. The Kier molecular flexibility index (Phi) is 9.94. The monoisotopic (exact) mass is 357 g/mol. The first kappa shape index (κ1) is 18.6. The first-order valence-electron chi connectivity index (χ1n) is 8.37. The number of unbranched alkanes of at least 4 members (excludes halogenated alkanes) is 5. The molecule has 0 radical (unpaired) electrons. The standard InChI is InChI=1S/C18H29BrFN/c1-3-5-6-7-8-9-10-18(21-13-4-2)16-12-11-15(20)14-17(16)19/h11-12,14,18,21H,3-10,13H2,1-2H3. The highest BCUT2D eigenvalue weighted by Gasteiger charge is 2.14. The summed E-state index contributed by atoms with van der Waals surface area (Å²) in [5, 5.41) is 3.60. The van der Waals surface area contributed by atoms with Gasteiger partial charge in [-0.05, 0) is 37.1 Å². The van der Waals surface area contributed by atoms with Crippen LogP contribution in [0.1, 0.15) is 76.8 Å². The van der Waals surface area contributed by atoms with Crippen LogP contribution in [0, 0.1) is 5.82 Å². The SMILES string of the molecule is CCCCCCCCC(NCCC)c1ccc(F)cc1Br. The van der Waals surface area contributed by atoms with Gasteiger partial charge in [0, 0.05) is 10.5 Å². The van der Waals surface area contributed by atoms with Crippen LogP contribution in [0.2, 0.25) is 0 Å². The zero-order valence-corrected chi connectivity index (χ0v) is 15.0. The molecule has 3 heteroatoms. The number of hydrogen-bond acceptors (Lipinski definition) is 1. The van der Waals surface area contributed by atoms with Crippen molar-refractivity contribution in [2.24, 2.45) is 0 Å². The summed E-state index contributed by atoms with van der Waals surface area (Å²) in [6.45, 7) is 5.43. The quantitative estimate of drug-likeness (QED) is 0.453. The predicted octanol–water partition coefficient (Wildman–Crippen LogP) is 6.38. The van der Waals surface area contributed by atoms with E-state index < -0.39 is 0 Å². The average Bonchev–Trinajstić information content (AvgIpc) is 2.46. The van der Waals surface area contributed by atoms with Gasteiger partial charge in [-0.2, -0.15) is 0 Å². The van der Waals surface area contributed by atoms with Crippen LogP contribution < -0.4 is 5.32 Å². The Morgan fingerprint density at radius 1 is 1.05 bits per heavy atom. The van der Waals surface area contributed by atoms with Crippen LogP contribution in [0.15, 0.2) is 22.7 Å². The molecule has 1 nitrogen and oxygen atoms in total. The van der Waals surface area contributed by atoms with Crippen molar-refractivity contribution < 1.29 is 4.39 Å². The second-order valence-corrected chi connectivity index (χ2v) is 6.58. The maximum Gasteiger partial charge on any atom is 0.124 e. The lowest BCUT2D eigenvalue weighted by Crippen LogP contribution is -2.22. The lowest BCUT2D eigenvalue weighted by molar-refractivity contribution is 0.464. The van der Waals surface area contributed by atoms with Gasteiger partial charge in [-0.15, -0.1) is 0 Å². The fraction of sp³-hybridized carbons (Fsp3) is 0.667. The average molecular weight is 358 g/mol. The third-order valence-electron chi connectivity index (χ3n) is 3.83. The Morgan fingerprint density at radius 3 is 2.43 bits per heavy atom. The zero-order chi connectivity index (χ0) is 15.5. The van der Waals surface area contributed by atoms with Crippen LogP contribution in [0.4, 0.5) is 4.39 Å². The van der Waals surface area contributed by atoms with Gasteiger partial charge >= 0.3 is 0 Å². The second kappa shape index (κ2) is 11.2. The summed E-state index contributed by atoms with van der Waals surface area (Å²) in [6, 6.07) is 5.36. The Morgan fingerprint density at radius 2 is 1.76 bits per heavy atom. The topological polar surface area (TPSA) is 12.0 Å². The van der Waals surface area contributed by atoms with Crippen LogP contribution in [0.5, 0.6) is 0 Å². The first-order valence-corrected chi connectivity index (χ1v) is 9.16. The highest BCUT2D eigenvalue weighted by Crippen LogP contribution is 2.28. The highest BCUT2D eigenvalue weighted by molar-refractivity contribution is 9.10. The molecule has 0 bridgehead atoms. The molecular formula is C18H29BrFN. The molecule has 1 atom stereocenters. The Labute approximate surface area is 137 Å². The molecule has 0 spiro atoms. The number of benzene rings is 1. The van der Waals surface area contributed by atoms with Crippen LogP contribution in [0.25, 0.3) is 0 Å². The van der Waals surface area contributed by atoms with Gasteiger partial charge in [0.2, 0.25) is 0 Å². The minimum absolute atomic E-state index is 0.181. The van der Waals surface area contributed by atoms with Crippen molar-refractivity contribution in [1.82, 2.24) is 5.32 Å². The maximum absolute atomic E-state index is 13.2. The van der Waals surface area contributed by atoms with Crippen molar-refractivity contribution in [1.29, 1.82) is 0 Å². The summed E-state index contributed by atoms with van der Waals surface area (Å²) in [5.74, 6) is -0.181. The minimum Gasteiger partial charge on any atom is -0.310 e. The fourth-order valence-corrected chi connectivity index (χ4v) is 3.23. The molecule has 1 rings (SSSR count). The number of rotatable bonds is 11. The van der Waals surface area contributed by atoms with Gasteiger partial charge in [0.25, 0.3) is 0 Å². The van der Waals surface area contributed by atoms with E-state index in [0.717, 1.165) is 23.9 Å². The molecule has 0 saturated heterocycles. The molecule has 0 saturated carbocycles. The predicted molar refractivity (Wildman–Crippen MR) is 93.1 cm³/mol. The summed E-state index contributed by atoms with van der Waals surface area (Å²) in [7, 11) is 0. The van der Waals surface area contributed by atoms with Crippen LogP contribution in [0.3, 0.4) is 0 Å². The first-order chi connectivity index (χ1) is 10.2. The van der Waals surface area contributed by atoms with Crippen molar-refractivity contribution in [3.8, 4) is 0 Å². The third-order valence-corrected chi connectivity index (χ3v) is 4.51. The summed E-state index contributed by atoms with van der Waals surface area (Å²) in [5.41, 5.74) is 1.18. The van der Waals surface area contributed by atoms with E-state index in [4.69, 9.17) is 0 Å². The molecule has 1 N–H and O–H groups in total. The van der Waals surface area contributed by atoms with Crippen molar-refractivity contribution in [2.45, 2.75) is 71.3 Å². The van der Waals surface area contributed by atoms with Crippen LogP contribution in [-0.2, 0) is 0 Å². The van der Waals surface area contributed by atoms with E-state index >= 15 is 0 Å². The van der Waals surface area contributed by atoms with E-state index in [9.17, 15) is 4.39 Å². The molecule has 0 fully saturated rings. The Hall–Kier alpha value is -0.410. The molecule has 0 aliphatic heterocycles. The van der Waals surface area contributed by atoms with Crippen LogP contribution >= 0.6 is 15.9 Å². The fourth-order valence-electron chi connectivity index (χ4n) is 2.60. The largest absolute Gasteiger partial charge is 0.310 e. The van der Waals surface area contributed by atoms with E-state index in [-0.39, 0.29) is 5.82 Å². The van der Waals surface area contributed by atoms with Gasteiger partial charge in [0.1, 0.15) is 5.82 Å². The van der Waals surface area contributed by atoms with Gasteiger partial charge in [0.05, 0.1) is 0 Å². The number of nitrogens with one attached hydrogen (secondary N) is 1. The van der Waals surface area contributed by atoms with Gasteiger partial charge in [-0.25, -0.2) is 4.39 Å². The van der Waals surface area contributed by atoms with Gasteiger partial charge in [-0.3, -0.25) is 0 Å². The minimum atomic E-state index is -0.181. The molecule has 0 heterocycles. The lowest BCUT2D eigenvalue weighted by Gasteiger charge is -2.20. The van der Waals surface area contributed by atoms with Gasteiger partial charge < -0.3 is 5.32 Å². The molecule has 120 valence electrons. The number of halogens is 2. The van der Waals surface area contributed by atoms with E-state index in [0.29, 0.717) is 6.04 Å². The molecule has 21 heavy (non-hydrogen) atoms. The zero-order valence-electron chi connectivity index (χ0n) is 13.4. The van der Waals surface area contributed by atoms with Crippen molar-refractivity contribution in [2.75, 3.05) is 6.54 Å². The van der Waals surface area contributed by atoms with E-state index in [1.807, 2.05) is 6.07 Å². The molecule has 0 aliphatic rings. The van der Waals surface area contributed by atoms with E-state index in [1.54, 1.807) is 12.1 Å². The van der Waals surface area contributed by atoms with E-state index in [1.165, 1.54) is 44.1 Å². The molecular weight excluding hydrogens is 329 g/mol. The van der Waals surface area contributed by atoms with Crippen molar-refractivity contribution >= 4 is 15.9 Å². The molecule has 1 unspecified atom stereocenters. The van der Waals surface area contributed by atoms with Gasteiger partial charge in [0.15, 0.2) is 0 Å². The highest BCUT2D eigenvalue weighted by atomic mass is 79.9. The van der Waals surface area contributed by atoms with Gasteiger partial charge in [-0.1, -0.05) is 74.4 Å². The van der Waals surface area contributed by atoms with Crippen molar-refractivity contribution in [3.63, 3.8) is 0 Å². The molecule has 0 aliphatic carbocycles. The van der Waals surface area contributed by atoms with Crippen molar-refractivity contribution in [3.05, 3.63) is 34.1 Å². The van der Waals surface area contributed by atoms with Crippen LogP contribution in [-0.4, -0.2) is 6.54 Å². The van der Waals surface area contributed by atoms with E-state index in [2.05, 4.69) is 35.1 Å². The smallest absolute Gasteiger partial charge is 0.124 e. The summed E-state index contributed by atoms with van der Waals surface area (Å²) in [4.78, 5) is 0. The second-order valence-electron chi connectivity index (χ2n) is 5.73. The number of hydrogen-bond donors (Lipinski definition) is 1. The maximum atomic E-state index is 13.2.